The van der Waals surface area contributed by atoms with Crippen molar-refractivity contribution in [2.45, 2.75) is 37.8 Å². The first-order valence-corrected chi connectivity index (χ1v) is 11.2. The van der Waals surface area contributed by atoms with Crippen LogP contribution in [0.4, 0.5) is 10.1 Å². The average Bonchev–Trinajstić information content (AvgIpc) is 2.85. The fraction of sp³-hybridized carbons (Fsp3) is 0.360. The zero-order valence-corrected chi connectivity index (χ0v) is 18.5. The average molecular weight is 468 g/mol. The van der Waals surface area contributed by atoms with Crippen molar-refractivity contribution in [2.75, 3.05) is 25.1 Å². The fourth-order valence-electron chi connectivity index (χ4n) is 4.10. The number of hydrogen-bond donors (Lipinski definition) is 1. The summed E-state index contributed by atoms with van der Waals surface area (Å²) in [6, 6.07) is 11.0. The number of ether oxygens (including phenoxy) is 2. The molecule has 2 aliphatic rings. The topological polar surface area (TPSA) is 102 Å². The number of piperidine rings is 1. The first kappa shape index (κ1) is 23.6. The lowest BCUT2D eigenvalue weighted by molar-refractivity contribution is -0.163. The lowest BCUT2D eigenvalue weighted by atomic mass is 9.99. The van der Waals surface area contributed by atoms with E-state index in [-0.39, 0.29) is 35.4 Å². The molecular weight excluding hydrogens is 443 g/mol. The van der Waals surface area contributed by atoms with Crippen LogP contribution in [0.2, 0.25) is 0 Å². The van der Waals surface area contributed by atoms with Gasteiger partial charge >= 0.3 is 5.97 Å². The van der Waals surface area contributed by atoms with Gasteiger partial charge in [0.25, 0.3) is 5.91 Å². The van der Waals surface area contributed by atoms with Crippen LogP contribution in [0.5, 0.6) is 0 Å². The van der Waals surface area contributed by atoms with Gasteiger partial charge in [0.15, 0.2) is 12.4 Å². The molecule has 0 aromatic heterocycles. The third-order valence-corrected chi connectivity index (χ3v) is 5.95. The molecule has 2 heterocycles. The number of hydrogen-bond acceptors (Lipinski definition) is 6. The van der Waals surface area contributed by atoms with Crippen molar-refractivity contribution in [3.8, 4) is 0 Å². The molecule has 4 rings (SSSR count). The van der Waals surface area contributed by atoms with Crippen molar-refractivity contribution in [2.24, 2.45) is 0 Å². The highest BCUT2D eigenvalue weighted by atomic mass is 19.1. The summed E-state index contributed by atoms with van der Waals surface area (Å²) in [7, 11) is 0. The molecule has 2 aromatic carbocycles. The van der Waals surface area contributed by atoms with Crippen LogP contribution in [0.25, 0.3) is 0 Å². The quantitative estimate of drug-likeness (QED) is 0.495. The monoisotopic (exact) mass is 468 g/mol. The van der Waals surface area contributed by atoms with Crippen molar-refractivity contribution < 1.29 is 33.0 Å². The Labute approximate surface area is 196 Å². The van der Waals surface area contributed by atoms with Gasteiger partial charge in [0.2, 0.25) is 5.91 Å². The molecule has 0 bridgehead atoms. The van der Waals surface area contributed by atoms with Crippen molar-refractivity contribution in [1.29, 1.82) is 0 Å². The Hall–Kier alpha value is -3.59. The maximum absolute atomic E-state index is 12.9. The number of fused-ring (bicyclic) bond motifs is 1. The van der Waals surface area contributed by atoms with E-state index < -0.39 is 30.3 Å². The molecule has 34 heavy (non-hydrogen) atoms. The number of morpholine rings is 1. The number of esters is 1. The second-order valence-corrected chi connectivity index (χ2v) is 8.34. The molecule has 8 nitrogen and oxygen atoms in total. The number of nitrogens with zero attached hydrogens (tertiary/aromatic N) is 1. The van der Waals surface area contributed by atoms with Crippen LogP contribution < -0.4 is 5.32 Å². The van der Waals surface area contributed by atoms with Gasteiger partial charge in [-0.1, -0.05) is 0 Å². The number of carbonyl (C=O) groups excluding carboxylic acids is 4. The fourth-order valence-corrected chi connectivity index (χ4v) is 4.10. The number of amides is 2. The minimum atomic E-state index is -0.790. The van der Waals surface area contributed by atoms with E-state index in [2.05, 4.69) is 5.32 Å². The van der Waals surface area contributed by atoms with Crippen LogP contribution in [-0.4, -0.2) is 60.4 Å². The molecule has 9 heteroatoms. The SMILES string of the molecule is O=C(CC1OCC2CCCCN2C1=O)Nc1ccc(C(=O)OCC(=O)c2ccc(F)cc2)cc1. The highest BCUT2D eigenvalue weighted by molar-refractivity contribution is 5.99. The molecule has 0 radical (unpaired) electrons. The Morgan fingerprint density at radius 3 is 2.47 bits per heavy atom. The number of Topliss-reactive ketones (excluding diaryl/α,β-unsaturated/α-hetero) is 1. The van der Waals surface area contributed by atoms with E-state index in [1.807, 2.05) is 4.90 Å². The van der Waals surface area contributed by atoms with Gasteiger partial charge in [-0.2, -0.15) is 0 Å². The second kappa shape index (κ2) is 10.6. The smallest absolute Gasteiger partial charge is 0.338 e. The lowest BCUT2D eigenvalue weighted by Gasteiger charge is -2.41. The van der Waals surface area contributed by atoms with Crippen LogP contribution in [0.3, 0.4) is 0 Å². The van der Waals surface area contributed by atoms with E-state index in [1.165, 1.54) is 36.4 Å². The summed E-state index contributed by atoms with van der Waals surface area (Å²) < 4.78 is 23.6. The van der Waals surface area contributed by atoms with E-state index in [0.717, 1.165) is 31.4 Å². The third kappa shape index (κ3) is 5.66. The van der Waals surface area contributed by atoms with Gasteiger partial charge in [-0.3, -0.25) is 14.4 Å². The summed E-state index contributed by atoms with van der Waals surface area (Å²) >= 11 is 0. The predicted octanol–water partition coefficient (Wildman–Crippen LogP) is 2.97. The Balaban J connectivity index is 1.25. The van der Waals surface area contributed by atoms with Gasteiger partial charge in [0, 0.05) is 17.8 Å². The molecular formula is C25H25FN2O6. The highest BCUT2D eigenvalue weighted by Crippen LogP contribution is 2.24. The van der Waals surface area contributed by atoms with Crippen molar-refractivity contribution >= 4 is 29.3 Å². The summed E-state index contributed by atoms with van der Waals surface area (Å²) in [6.45, 7) is 0.679. The van der Waals surface area contributed by atoms with Gasteiger partial charge in [0.1, 0.15) is 11.9 Å². The zero-order chi connectivity index (χ0) is 24.1. The number of halogens is 1. The third-order valence-electron chi connectivity index (χ3n) is 5.95. The van der Waals surface area contributed by atoms with Gasteiger partial charge in [-0.05, 0) is 67.8 Å². The number of benzene rings is 2. The molecule has 2 aromatic rings. The Kier molecular flexibility index (Phi) is 7.32. The largest absolute Gasteiger partial charge is 0.454 e. The maximum Gasteiger partial charge on any atom is 0.338 e. The highest BCUT2D eigenvalue weighted by Gasteiger charge is 2.38. The molecule has 2 saturated heterocycles. The minimum absolute atomic E-state index is 0.0860. The maximum atomic E-state index is 12.9. The number of carbonyl (C=O) groups is 4. The summed E-state index contributed by atoms with van der Waals surface area (Å²) in [5.41, 5.74) is 0.887. The van der Waals surface area contributed by atoms with Crippen LogP contribution in [-0.2, 0) is 19.1 Å². The van der Waals surface area contributed by atoms with Gasteiger partial charge in [-0.15, -0.1) is 0 Å². The van der Waals surface area contributed by atoms with Crippen LogP contribution in [0, 0.1) is 5.82 Å². The lowest BCUT2D eigenvalue weighted by Crippen LogP contribution is -2.56. The Bertz CT molecular complexity index is 1070. The Morgan fingerprint density at radius 1 is 1.03 bits per heavy atom. The van der Waals surface area contributed by atoms with Crippen molar-refractivity contribution in [3.05, 3.63) is 65.5 Å². The number of rotatable bonds is 7. The van der Waals surface area contributed by atoms with Gasteiger partial charge < -0.3 is 19.7 Å². The van der Waals surface area contributed by atoms with Crippen molar-refractivity contribution in [3.63, 3.8) is 0 Å². The van der Waals surface area contributed by atoms with Gasteiger partial charge in [-0.25, -0.2) is 9.18 Å². The minimum Gasteiger partial charge on any atom is -0.454 e. The predicted molar refractivity (Wildman–Crippen MR) is 120 cm³/mol. The molecule has 2 amide bonds. The molecule has 2 unspecified atom stereocenters. The van der Waals surface area contributed by atoms with E-state index in [9.17, 15) is 23.6 Å². The second-order valence-electron chi connectivity index (χ2n) is 8.34. The number of anilines is 1. The summed E-state index contributed by atoms with van der Waals surface area (Å²) in [5.74, 6) is -2.12. The molecule has 178 valence electrons. The Morgan fingerprint density at radius 2 is 1.74 bits per heavy atom. The van der Waals surface area contributed by atoms with Crippen LogP contribution in [0.1, 0.15) is 46.4 Å². The summed E-state index contributed by atoms with van der Waals surface area (Å²) in [5, 5.41) is 2.70. The standard InChI is InChI=1S/C25H25FN2O6/c26-18-8-4-16(5-9-18)21(29)15-34-25(32)17-6-10-19(11-7-17)27-23(30)13-22-24(31)28-12-2-1-3-20(28)14-33-22/h4-11,20,22H,1-3,12-15H2,(H,27,30). The van der Waals surface area contributed by atoms with Crippen molar-refractivity contribution in [1.82, 2.24) is 4.90 Å². The van der Waals surface area contributed by atoms with E-state index in [0.29, 0.717) is 18.8 Å². The molecule has 1 N–H and O–H groups in total. The molecule has 0 saturated carbocycles. The summed E-state index contributed by atoms with van der Waals surface area (Å²) in [6.07, 6.45) is 2.10. The summed E-state index contributed by atoms with van der Waals surface area (Å²) in [4.78, 5) is 51.1. The molecule has 2 fully saturated rings. The van der Waals surface area contributed by atoms with Crippen LogP contribution >= 0.6 is 0 Å². The molecule has 0 aliphatic carbocycles. The first-order valence-electron chi connectivity index (χ1n) is 11.2. The van der Waals surface area contributed by atoms with E-state index in [4.69, 9.17) is 9.47 Å². The van der Waals surface area contributed by atoms with Crippen LogP contribution in [0.15, 0.2) is 48.5 Å². The van der Waals surface area contributed by atoms with Gasteiger partial charge in [0.05, 0.1) is 24.6 Å². The van der Waals surface area contributed by atoms with E-state index >= 15 is 0 Å². The molecule has 0 spiro atoms. The normalized spacial score (nSPS) is 19.8. The molecule has 2 atom stereocenters. The zero-order valence-electron chi connectivity index (χ0n) is 18.5. The number of nitrogens with one attached hydrogen (secondary N) is 1. The first-order chi connectivity index (χ1) is 16.4. The van der Waals surface area contributed by atoms with E-state index in [1.54, 1.807) is 0 Å². The molecule has 2 aliphatic heterocycles. The number of ketones is 1.